The van der Waals surface area contributed by atoms with Crippen molar-refractivity contribution in [2.45, 2.75) is 44.8 Å². The Bertz CT molecular complexity index is 913. The number of hydrogen-bond acceptors (Lipinski definition) is 5. The van der Waals surface area contributed by atoms with Gasteiger partial charge in [0.15, 0.2) is 22.5 Å². The number of nitrogens with zero attached hydrogens (tertiary/aromatic N) is 3. The maximum Gasteiger partial charge on any atom is 0.191 e. The van der Waals surface area contributed by atoms with Crippen molar-refractivity contribution in [2.24, 2.45) is 0 Å². The molecule has 0 saturated heterocycles. The van der Waals surface area contributed by atoms with Gasteiger partial charge in [0.05, 0.1) is 6.61 Å². The molecule has 3 aromatic rings. The second-order valence-corrected chi connectivity index (χ2v) is 7.17. The molecule has 0 unspecified atom stereocenters. The normalized spacial score (nSPS) is 10.9. The number of benzene rings is 2. The Morgan fingerprint density at radius 3 is 2.50 bits per heavy atom. The minimum absolute atomic E-state index is 0.229. The van der Waals surface area contributed by atoms with E-state index in [4.69, 9.17) is 9.47 Å². The third kappa shape index (κ3) is 5.04. The van der Waals surface area contributed by atoms with Crippen LogP contribution < -0.4 is 9.47 Å². The van der Waals surface area contributed by atoms with Crippen molar-refractivity contribution in [1.82, 2.24) is 14.8 Å². The van der Waals surface area contributed by atoms with Crippen LogP contribution in [-0.4, -0.2) is 21.4 Å². The van der Waals surface area contributed by atoms with Gasteiger partial charge in [0.1, 0.15) is 12.4 Å². The highest BCUT2D eigenvalue weighted by molar-refractivity contribution is 7.98. The summed E-state index contributed by atoms with van der Waals surface area (Å²) >= 11 is 1.57. The van der Waals surface area contributed by atoms with Gasteiger partial charge in [0.25, 0.3) is 0 Å². The highest BCUT2D eigenvalue weighted by Crippen LogP contribution is 2.29. The molecule has 0 amide bonds. The number of halogens is 1. The van der Waals surface area contributed by atoms with E-state index in [0.717, 1.165) is 34.4 Å². The van der Waals surface area contributed by atoms with Crippen molar-refractivity contribution in [3.63, 3.8) is 0 Å². The third-order valence-corrected chi connectivity index (χ3v) is 5.18. The molecular formula is C21H24FN3O2S. The van der Waals surface area contributed by atoms with Gasteiger partial charge in [0.2, 0.25) is 0 Å². The molecule has 1 heterocycles. The van der Waals surface area contributed by atoms with Crippen LogP contribution in [0.5, 0.6) is 11.5 Å². The van der Waals surface area contributed by atoms with Crippen LogP contribution in [0.3, 0.4) is 0 Å². The van der Waals surface area contributed by atoms with E-state index in [9.17, 15) is 4.39 Å². The molecule has 0 spiro atoms. The molecule has 1 aromatic heterocycles. The molecule has 0 atom stereocenters. The fourth-order valence-electron chi connectivity index (χ4n) is 2.72. The van der Waals surface area contributed by atoms with Crippen LogP contribution in [0.25, 0.3) is 0 Å². The molecule has 0 aliphatic carbocycles. The van der Waals surface area contributed by atoms with E-state index in [-0.39, 0.29) is 5.82 Å². The second kappa shape index (κ2) is 9.59. The van der Waals surface area contributed by atoms with Gasteiger partial charge < -0.3 is 14.0 Å². The SMILES string of the molecule is CCOc1cc(C)ccc1OCc1nnc(SCc2ccc(F)cc2)n1CC. The third-order valence-electron chi connectivity index (χ3n) is 4.15. The zero-order chi connectivity index (χ0) is 19.9. The molecule has 5 nitrogen and oxygen atoms in total. The lowest BCUT2D eigenvalue weighted by Crippen LogP contribution is -2.08. The molecule has 148 valence electrons. The summed E-state index contributed by atoms with van der Waals surface area (Å²) in [4.78, 5) is 0. The summed E-state index contributed by atoms with van der Waals surface area (Å²) in [5.41, 5.74) is 2.16. The number of thioether (sulfide) groups is 1. The quantitative estimate of drug-likeness (QED) is 0.472. The lowest BCUT2D eigenvalue weighted by Gasteiger charge is -2.13. The van der Waals surface area contributed by atoms with Gasteiger partial charge in [-0.3, -0.25) is 0 Å². The summed E-state index contributed by atoms with van der Waals surface area (Å²) in [6.45, 7) is 7.64. The van der Waals surface area contributed by atoms with Gasteiger partial charge in [-0.2, -0.15) is 0 Å². The summed E-state index contributed by atoms with van der Waals surface area (Å²) in [5, 5.41) is 9.40. The van der Waals surface area contributed by atoms with Crippen LogP contribution in [0.2, 0.25) is 0 Å². The highest BCUT2D eigenvalue weighted by atomic mass is 32.2. The summed E-state index contributed by atoms with van der Waals surface area (Å²) in [6, 6.07) is 12.4. The number of hydrogen-bond donors (Lipinski definition) is 0. The van der Waals surface area contributed by atoms with Crippen LogP contribution in [0.1, 0.15) is 30.8 Å². The Morgan fingerprint density at radius 1 is 1.00 bits per heavy atom. The van der Waals surface area contributed by atoms with E-state index in [1.165, 1.54) is 12.1 Å². The van der Waals surface area contributed by atoms with Crippen LogP contribution >= 0.6 is 11.8 Å². The number of aromatic nitrogens is 3. The second-order valence-electron chi connectivity index (χ2n) is 6.23. The Hall–Kier alpha value is -2.54. The van der Waals surface area contributed by atoms with Gasteiger partial charge in [-0.25, -0.2) is 4.39 Å². The summed E-state index contributed by atoms with van der Waals surface area (Å²) < 4.78 is 26.7. The topological polar surface area (TPSA) is 49.2 Å². The van der Waals surface area contributed by atoms with Crippen molar-refractivity contribution in [3.05, 3.63) is 65.2 Å². The first-order chi connectivity index (χ1) is 13.6. The molecule has 0 bridgehead atoms. The zero-order valence-electron chi connectivity index (χ0n) is 16.3. The summed E-state index contributed by atoms with van der Waals surface area (Å²) in [5.74, 6) is 2.65. The standard InChI is InChI=1S/C21H24FN3O2S/c1-4-25-20(13-27-18-11-6-15(3)12-19(18)26-5-2)23-24-21(25)28-14-16-7-9-17(22)10-8-16/h6-12H,4-5,13-14H2,1-3H3. The van der Waals surface area contributed by atoms with E-state index >= 15 is 0 Å². The lowest BCUT2D eigenvalue weighted by molar-refractivity contribution is 0.258. The predicted octanol–water partition coefficient (Wildman–Crippen LogP) is 5.02. The van der Waals surface area contributed by atoms with Crippen LogP contribution in [-0.2, 0) is 18.9 Å². The first-order valence-electron chi connectivity index (χ1n) is 9.26. The van der Waals surface area contributed by atoms with Crippen molar-refractivity contribution in [2.75, 3.05) is 6.61 Å². The van der Waals surface area contributed by atoms with Gasteiger partial charge in [-0.1, -0.05) is 30.0 Å². The number of ether oxygens (including phenoxy) is 2. The minimum atomic E-state index is -0.229. The fourth-order valence-corrected chi connectivity index (χ4v) is 3.70. The van der Waals surface area contributed by atoms with Gasteiger partial charge in [-0.15, -0.1) is 10.2 Å². The molecule has 0 radical (unpaired) electrons. The first kappa shape index (κ1) is 20.2. The summed E-state index contributed by atoms with van der Waals surface area (Å²) in [7, 11) is 0. The van der Waals surface area contributed by atoms with Crippen molar-refractivity contribution in [3.8, 4) is 11.5 Å². The summed E-state index contributed by atoms with van der Waals surface area (Å²) in [6.07, 6.45) is 0. The Morgan fingerprint density at radius 2 is 1.79 bits per heavy atom. The number of rotatable bonds is 9. The molecule has 3 rings (SSSR count). The fraction of sp³-hybridized carbons (Fsp3) is 0.333. The van der Waals surface area contributed by atoms with Crippen LogP contribution in [0.15, 0.2) is 47.6 Å². The van der Waals surface area contributed by atoms with E-state index in [1.807, 2.05) is 43.5 Å². The molecule has 28 heavy (non-hydrogen) atoms. The molecule has 0 saturated carbocycles. The van der Waals surface area contributed by atoms with Gasteiger partial charge in [-0.05, 0) is 56.2 Å². The predicted molar refractivity (Wildman–Crippen MR) is 108 cm³/mol. The first-order valence-corrected chi connectivity index (χ1v) is 10.2. The van der Waals surface area contributed by atoms with E-state index in [1.54, 1.807) is 23.9 Å². The molecule has 0 N–H and O–H groups in total. The van der Waals surface area contributed by atoms with Crippen LogP contribution in [0, 0.1) is 12.7 Å². The average Bonchev–Trinajstić information content (AvgIpc) is 3.09. The Kier molecular flexibility index (Phi) is 6.92. The zero-order valence-corrected chi connectivity index (χ0v) is 17.1. The average molecular weight is 402 g/mol. The largest absolute Gasteiger partial charge is 0.490 e. The Balaban J connectivity index is 1.67. The number of aryl methyl sites for hydroxylation is 1. The molecular weight excluding hydrogens is 377 g/mol. The maximum absolute atomic E-state index is 13.0. The van der Waals surface area contributed by atoms with Gasteiger partial charge in [0, 0.05) is 12.3 Å². The monoisotopic (exact) mass is 401 g/mol. The van der Waals surface area contributed by atoms with Gasteiger partial charge >= 0.3 is 0 Å². The minimum Gasteiger partial charge on any atom is -0.490 e. The van der Waals surface area contributed by atoms with Crippen molar-refractivity contribution >= 4 is 11.8 Å². The highest BCUT2D eigenvalue weighted by Gasteiger charge is 2.13. The Labute approximate surface area is 168 Å². The van der Waals surface area contributed by atoms with Crippen LogP contribution in [0.4, 0.5) is 4.39 Å². The molecule has 7 heteroatoms. The molecule has 0 fully saturated rings. The molecule has 0 aliphatic rings. The van der Waals surface area contributed by atoms with E-state index in [2.05, 4.69) is 10.2 Å². The molecule has 0 aliphatic heterocycles. The molecule has 2 aromatic carbocycles. The van der Waals surface area contributed by atoms with Crippen molar-refractivity contribution in [1.29, 1.82) is 0 Å². The maximum atomic E-state index is 13.0. The van der Waals surface area contributed by atoms with Crippen molar-refractivity contribution < 1.29 is 13.9 Å². The lowest BCUT2D eigenvalue weighted by atomic mass is 10.2. The van der Waals surface area contributed by atoms with E-state index in [0.29, 0.717) is 24.7 Å². The smallest absolute Gasteiger partial charge is 0.191 e. The van der Waals surface area contributed by atoms with E-state index < -0.39 is 0 Å².